The zero-order valence-corrected chi connectivity index (χ0v) is 32.1. The number of nitrogens with one attached hydrogen (secondary N) is 1. The van der Waals surface area contributed by atoms with E-state index in [0.717, 1.165) is 87.8 Å². The molecule has 0 radical (unpaired) electrons. The second-order valence-electron chi connectivity index (χ2n) is 15.2. The van der Waals surface area contributed by atoms with Crippen molar-refractivity contribution in [2.75, 3.05) is 55.6 Å². The highest BCUT2D eigenvalue weighted by Gasteiger charge is 2.45. The Morgan fingerprint density at radius 1 is 0.860 bits per heavy atom. The molecular formula is C41H42ClN9O6. The third-order valence-electron chi connectivity index (χ3n) is 11.6. The van der Waals surface area contributed by atoms with Crippen molar-refractivity contribution in [2.45, 2.75) is 63.5 Å². The average Bonchev–Trinajstić information content (AvgIpc) is 3.47. The maximum atomic E-state index is 13.3. The Hall–Kier alpha value is -5.72. The van der Waals surface area contributed by atoms with Crippen LogP contribution in [-0.2, 0) is 9.59 Å². The van der Waals surface area contributed by atoms with Crippen LogP contribution < -0.4 is 19.9 Å². The van der Waals surface area contributed by atoms with Crippen molar-refractivity contribution < 1.29 is 28.7 Å². The first-order valence-electron chi connectivity index (χ1n) is 19.5. The van der Waals surface area contributed by atoms with Gasteiger partial charge >= 0.3 is 0 Å². The number of amides is 5. The van der Waals surface area contributed by atoms with E-state index >= 15 is 0 Å². The zero-order chi connectivity index (χ0) is 39.6. The van der Waals surface area contributed by atoms with Crippen molar-refractivity contribution in [3.8, 4) is 11.8 Å². The van der Waals surface area contributed by atoms with Crippen LogP contribution in [0.5, 0.6) is 5.75 Å². The number of nitriles is 1. The molecule has 5 aliphatic rings. The summed E-state index contributed by atoms with van der Waals surface area (Å²) in [6, 6.07) is 11.4. The number of carbonyl (C=O) groups excluding carboxylic acids is 5. The van der Waals surface area contributed by atoms with Gasteiger partial charge < -0.3 is 14.5 Å². The largest absolute Gasteiger partial charge is 0.490 e. The van der Waals surface area contributed by atoms with Gasteiger partial charge in [-0.05, 0) is 81.2 Å². The fourth-order valence-corrected chi connectivity index (χ4v) is 8.55. The molecule has 2 aromatic carbocycles. The number of imide groups is 2. The number of halogens is 1. The van der Waals surface area contributed by atoms with Gasteiger partial charge in [0.25, 0.3) is 17.7 Å². The number of fused-ring (bicyclic) bond motifs is 1. The van der Waals surface area contributed by atoms with Crippen LogP contribution in [0.2, 0.25) is 5.02 Å². The highest BCUT2D eigenvalue weighted by molar-refractivity contribution is 6.31. The van der Waals surface area contributed by atoms with Gasteiger partial charge in [0, 0.05) is 82.1 Å². The molecule has 1 aliphatic carbocycles. The standard InChI is InChI=1S/C41H42ClN9O6/c42-34-20-31(5-1-26(34)21-43)57-30-6-2-28(3-7-30)46-37(53)27-22-44-41(45-23-27)50-13-11-25(12-14-50)24-48-15-17-49(18-16-48)29-4-8-32-33(19-29)40(56)51(39(32)55)35-9-10-36(52)47-38(35)54/h1,4-5,8,19-20,22-23,25,30,35H,2-3,6-7,9-18,24H2,(H,47,52,54). The van der Waals surface area contributed by atoms with E-state index < -0.39 is 29.7 Å². The molecule has 4 fully saturated rings. The smallest absolute Gasteiger partial charge is 0.280 e. The van der Waals surface area contributed by atoms with E-state index in [-0.39, 0.29) is 30.4 Å². The number of rotatable bonds is 8. The Morgan fingerprint density at radius 2 is 1.58 bits per heavy atom. The molecule has 1 atom stereocenters. The molecule has 15 nitrogen and oxygen atoms in total. The van der Waals surface area contributed by atoms with Gasteiger partial charge in [0.05, 0.1) is 33.4 Å². The lowest BCUT2D eigenvalue weighted by Gasteiger charge is -2.39. The van der Waals surface area contributed by atoms with Crippen LogP contribution in [0.15, 0.2) is 53.8 Å². The second kappa shape index (κ2) is 16.4. The molecule has 4 aliphatic heterocycles. The summed E-state index contributed by atoms with van der Waals surface area (Å²) in [6.07, 6.45) is 8.09. The van der Waals surface area contributed by atoms with E-state index in [2.05, 4.69) is 35.0 Å². The van der Waals surface area contributed by atoms with Crippen molar-refractivity contribution in [2.24, 2.45) is 10.9 Å². The van der Waals surface area contributed by atoms with Crippen LogP contribution in [0.1, 0.15) is 88.0 Å². The van der Waals surface area contributed by atoms with Crippen molar-refractivity contribution in [3.63, 3.8) is 0 Å². The first-order valence-corrected chi connectivity index (χ1v) is 19.9. The number of aliphatic imine (C=N–C) groups is 1. The lowest BCUT2D eigenvalue weighted by molar-refractivity contribution is -0.136. The molecule has 1 aromatic heterocycles. The Morgan fingerprint density at radius 3 is 2.26 bits per heavy atom. The first kappa shape index (κ1) is 38.2. The van der Waals surface area contributed by atoms with E-state index in [1.54, 1.807) is 42.7 Å². The predicted octanol–water partition coefficient (Wildman–Crippen LogP) is 4.04. The van der Waals surface area contributed by atoms with E-state index in [0.29, 0.717) is 52.2 Å². The molecule has 1 N–H and O–H groups in total. The summed E-state index contributed by atoms with van der Waals surface area (Å²) in [5.74, 6) is -0.577. The Kier molecular flexibility index (Phi) is 11.0. The van der Waals surface area contributed by atoms with Crippen LogP contribution in [0.25, 0.3) is 0 Å². The Bertz CT molecular complexity index is 2160. The minimum Gasteiger partial charge on any atom is -0.490 e. The van der Waals surface area contributed by atoms with Crippen molar-refractivity contribution in [1.82, 2.24) is 25.1 Å². The number of nitrogens with zero attached hydrogens (tertiary/aromatic N) is 8. The molecule has 294 valence electrons. The number of ether oxygens (including phenoxy) is 1. The topological polar surface area (TPSA) is 182 Å². The summed E-state index contributed by atoms with van der Waals surface area (Å²) in [7, 11) is 0. The second-order valence-corrected chi connectivity index (χ2v) is 15.6. The number of piperazine rings is 1. The van der Waals surface area contributed by atoms with Crippen LogP contribution >= 0.6 is 11.6 Å². The van der Waals surface area contributed by atoms with Gasteiger partial charge in [-0.3, -0.25) is 39.1 Å². The molecule has 1 unspecified atom stereocenters. The first-order chi connectivity index (χ1) is 27.6. The minimum absolute atomic E-state index is 0.0192. The molecule has 5 heterocycles. The molecule has 8 rings (SSSR count). The number of hydrogen-bond donors (Lipinski definition) is 1. The number of carbonyl (C=O) groups is 5. The Balaban J connectivity index is 0.766. The van der Waals surface area contributed by atoms with Gasteiger partial charge in [-0.2, -0.15) is 5.26 Å². The van der Waals surface area contributed by atoms with Gasteiger partial charge in [0.15, 0.2) is 0 Å². The third-order valence-corrected chi connectivity index (χ3v) is 11.9. The monoisotopic (exact) mass is 791 g/mol. The fourth-order valence-electron chi connectivity index (χ4n) is 8.33. The highest BCUT2D eigenvalue weighted by Crippen LogP contribution is 2.32. The van der Waals surface area contributed by atoms with Gasteiger partial charge in [-0.25, -0.2) is 15.0 Å². The zero-order valence-electron chi connectivity index (χ0n) is 31.4. The van der Waals surface area contributed by atoms with Crippen LogP contribution in [-0.4, -0.2) is 113 Å². The maximum absolute atomic E-state index is 13.3. The molecular weight excluding hydrogens is 750 g/mol. The van der Waals surface area contributed by atoms with Crippen LogP contribution in [0.4, 0.5) is 11.6 Å². The summed E-state index contributed by atoms with van der Waals surface area (Å²) in [6.45, 7) is 5.96. The molecule has 0 bridgehead atoms. The SMILES string of the molecule is N#Cc1ccc(OC2CCC(=NC(=O)c3cnc(N4CCC(CN5CCN(c6ccc7c(c6)C(=O)N(C6CCC(=O)NC6=O)C7=O)CC5)CC4)nc3)CC2)cc1Cl. The lowest BCUT2D eigenvalue weighted by Crippen LogP contribution is -2.54. The van der Waals surface area contributed by atoms with Crippen molar-refractivity contribution in [3.05, 3.63) is 76.1 Å². The molecule has 3 aromatic rings. The summed E-state index contributed by atoms with van der Waals surface area (Å²) in [4.78, 5) is 84.7. The molecule has 0 spiro atoms. The van der Waals surface area contributed by atoms with Gasteiger partial charge in [0.1, 0.15) is 17.9 Å². The van der Waals surface area contributed by atoms with E-state index in [9.17, 15) is 24.0 Å². The number of benzene rings is 2. The van der Waals surface area contributed by atoms with Crippen LogP contribution in [0, 0.1) is 17.2 Å². The van der Waals surface area contributed by atoms with Gasteiger partial charge in [0.2, 0.25) is 17.8 Å². The number of aromatic nitrogens is 2. The van der Waals surface area contributed by atoms with E-state index in [4.69, 9.17) is 21.6 Å². The quantitative estimate of drug-likeness (QED) is 0.324. The molecule has 57 heavy (non-hydrogen) atoms. The number of piperidine rings is 2. The minimum atomic E-state index is -0.979. The molecule has 3 saturated heterocycles. The highest BCUT2D eigenvalue weighted by atomic mass is 35.5. The molecule has 5 amide bonds. The number of anilines is 2. The summed E-state index contributed by atoms with van der Waals surface area (Å²) in [5, 5.41) is 11.7. The van der Waals surface area contributed by atoms with E-state index in [1.807, 2.05) is 12.1 Å². The van der Waals surface area contributed by atoms with E-state index in [1.165, 1.54) is 0 Å². The maximum Gasteiger partial charge on any atom is 0.280 e. The average molecular weight is 792 g/mol. The Labute approximate surface area is 334 Å². The predicted molar refractivity (Wildman–Crippen MR) is 210 cm³/mol. The third kappa shape index (κ3) is 8.24. The lowest BCUT2D eigenvalue weighted by atomic mass is 9.95. The molecule has 16 heteroatoms. The summed E-state index contributed by atoms with van der Waals surface area (Å²) in [5.41, 5.74) is 3.05. The van der Waals surface area contributed by atoms with Crippen LogP contribution in [0.3, 0.4) is 0 Å². The van der Waals surface area contributed by atoms with Crippen molar-refractivity contribution in [1.29, 1.82) is 5.26 Å². The van der Waals surface area contributed by atoms with Gasteiger partial charge in [-0.15, -0.1) is 0 Å². The van der Waals surface area contributed by atoms with Gasteiger partial charge in [-0.1, -0.05) is 11.6 Å². The van der Waals surface area contributed by atoms with Crippen molar-refractivity contribution >= 4 is 58.5 Å². The number of hydrogen-bond acceptors (Lipinski definition) is 12. The fraction of sp³-hybridized carbons (Fsp3) is 0.439. The normalized spacial score (nSPS) is 22.0. The summed E-state index contributed by atoms with van der Waals surface area (Å²) < 4.78 is 6.05. The summed E-state index contributed by atoms with van der Waals surface area (Å²) >= 11 is 6.13. The molecule has 1 saturated carbocycles.